The highest BCUT2D eigenvalue weighted by Crippen LogP contribution is 2.25. The van der Waals surface area contributed by atoms with Gasteiger partial charge in [0.05, 0.1) is 14.2 Å². The number of hydrogen-bond donors (Lipinski definition) is 1. The maximum Gasteiger partial charge on any atom is 0.203 e. The Hall–Kier alpha value is -2.83. The van der Waals surface area contributed by atoms with Gasteiger partial charge in [-0.05, 0) is 12.1 Å². The van der Waals surface area contributed by atoms with Gasteiger partial charge < -0.3 is 14.8 Å². The Morgan fingerprint density at radius 2 is 2.14 bits per heavy atom. The molecular weight excluding hydrogens is 270 g/mol. The first-order valence-corrected chi connectivity index (χ1v) is 6.41. The number of fused-ring (bicyclic) bond motifs is 1. The molecule has 108 valence electrons. The quantitative estimate of drug-likeness (QED) is 0.770. The van der Waals surface area contributed by atoms with Gasteiger partial charge in [0.15, 0.2) is 5.82 Å². The van der Waals surface area contributed by atoms with Crippen LogP contribution in [-0.2, 0) is 6.54 Å². The van der Waals surface area contributed by atoms with Gasteiger partial charge in [-0.1, -0.05) is 0 Å². The number of nitrogens with one attached hydrogen (secondary N) is 1. The summed E-state index contributed by atoms with van der Waals surface area (Å²) in [5.74, 6) is 2.19. The van der Waals surface area contributed by atoms with Crippen LogP contribution in [0.15, 0.2) is 36.9 Å². The number of anilines is 1. The standard InChI is InChI=1S/C14H15N5O2/c1-20-11-4-3-10(12(7-11)21-2)8-16-13-14-18-17-9-19(14)6-5-15-13/h3-7,9H,8H2,1-2H3,(H,15,16). The van der Waals surface area contributed by atoms with Crippen LogP contribution in [0.25, 0.3) is 5.65 Å². The van der Waals surface area contributed by atoms with Crippen LogP contribution in [0.2, 0.25) is 0 Å². The van der Waals surface area contributed by atoms with E-state index < -0.39 is 0 Å². The Balaban J connectivity index is 1.83. The minimum atomic E-state index is 0.562. The lowest BCUT2D eigenvalue weighted by atomic mass is 10.2. The Labute approximate surface area is 121 Å². The summed E-state index contributed by atoms with van der Waals surface area (Å²) in [7, 11) is 3.26. The predicted octanol–water partition coefficient (Wildman–Crippen LogP) is 1.75. The smallest absolute Gasteiger partial charge is 0.203 e. The van der Waals surface area contributed by atoms with Crippen molar-refractivity contribution in [1.82, 2.24) is 19.6 Å². The summed E-state index contributed by atoms with van der Waals surface area (Å²) >= 11 is 0. The normalized spacial score (nSPS) is 10.6. The molecular formula is C14H15N5O2. The lowest BCUT2D eigenvalue weighted by molar-refractivity contribution is 0.391. The summed E-state index contributed by atoms with van der Waals surface area (Å²) in [6, 6.07) is 5.70. The molecule has 2 aromatic heterocycles. The highest BCUT2D eigenvalue weighted by molar-refractivity contribution is 5.61. The van der Waals surface area contributed by atoms with E-state index >= 15 is 0 Å². The van der Waals surface area contributed by atoms with E-state index in [0.29, 0.717) is 18.0 Å². The van der Waals surface area contributed by atoms with Gasteiger partial charge >= 0.3 is 0 Å². The zero-order valence-corrected chi connectivity index (χ0v) is 11.8. The van der Waals surface area contributed by atoms with E-state index in [2.05, 4.69) is 20.5 Å². The van der Waals surface area contributed by atoms with Gasteiger partial charge in [-0.15, -0.1) is 10.2 Å². The van der Waals surface area contributed by atoms with Crippen molar-refractivity contribution in [2.45, 2.75) is 6.54 Å². The molecule has 0 aliphatic carbocycles. The largest absolute Gasteiger partial charge is 0.497 e. The summed E-state index contributed by atoms with van der Waals surface area (Å²) in [5, 5.41) is 11.1. The summed E-state index contributed by atoms with van der Waals surface area (Å²) < 4.78 is 12.4. The van der Waals surface area contributed by atoms with E-state index in [4.69, 9.17) is 9.47 Å². The van der Waals surface area contributed by atoms with Crippen LogP contribution < -0.4 is 14.8 Å². The molecule has 0 amide bonds. The number of ether oxygens (including phenoxy) is 2. The Morgan fingerprint density at radius 3 is 2.95 bits per heavy atom. The first-order chi connectivity index (χ1) is 10.3. The molecule has 3 rings (SSSR count). The van der Waals surface area contributed by atoms with Crippen molar-refractivity contribution in [2.24, 2.45) is 0 Å². The van der Waals surface area contributed by atoms with Crippen LogP contribution in [0.3, 0.4) is 0 Å². The zero-order chi connectivity index (χ0) is 14.7. The second kappa shape index (κ2) is 5.66. The van der Waals surface area contributed by atoms with Crippen molar-refractivity contribution in [3.63, 3.8) is 0 Å². The fourth-order valence-corrected chi connectivity index (χ4v) is 2.06. The number of aromatic nitrogens is 4. The molecule has 21 heavy (non-hydrogen) atoms. The second-order valence-electron chi connectivity index (χ2n) is 4.37. The Morgan fingerprint density at radius 1 is 1.24 bits per heavy atom. The van der Waals surface area contributed by atoms with Crippen molar-refractivity contribution in [2.75, 3.05) is 19.5 Å². The van der Waals surface area contributed by atoms with Gasteiger partial charge in [0.2, 0.25) is 5.65 Å². The van der Waals surface area contributed by atoms with Crippen molar-refractivity contribution < 1.29 is 9.47 Å². The van der Waals surface area contributed by atoms with Crippen LogP contribution in [0, 0.1) is 0 Å². The first kappa shape index (κ1) is 13.2. The third kappa shape index (κ3) is 2.58. The molecule has 0 spiro atoms. The molecule has 3 aromatic rings. The molecule has 0 fully saturated rings. The van der Waals surface area contributed by atoms with Gasteiger partial charge in [-0.3, -0.25) is 4.40 Å². The fraction of sp³-hybridized carbons (Fsp3) is 0.214. The van der Waals surface area contributed by atoms with Gasteiger partial charge in [-0.2, -0.15) is 0 Å². The lowest BCUT2D eigenvalue weighted by Crippen LogP contribution is -2.05. The highest BCUT2D eigenvalue weighted by Gasteiger charge is 2.08. The Bertz CT molecular complexity index is 756. The molecule has 0 saturated carbocycles. The molecule has 0 aliphatic heterocycles. The van der Waals surface area contributed by atoms with Crippen LogP contribution in [0.1, 0.15) is 5.56 Å². The van der Waals surface area contributed by atoms with E-state index in [0.717, 1.165) is 17.1 Å². The Kier molecular flexibility index (Phi) is 3.55. The van der Waals surface area contributed by atoms with Crippen LogP contribution in [0.5, 0.6) is 11.5 Å². The van der Waals surface area contributed by atoms with Gasteiger partial charge in [0.25, 0.3) is 0 Å². The summed E-state index contributed by atoms with van der Waals surface area (Å²) in [5.41, 5.74) is 1.69. The number of methoxy groups -OCH3 is 2. The molecule has 1 aromatic carbocycles. The van der Waals surface area contributed by atoms with Crippen molar-refractivity contribution in [1.29, 1.82) is 0 Å². The summed E-state index contributed by atoms with van der Waals surface area (Å²) in [4.78, 5) is 4.28. The van der Waals surface area contributed by atoms with Crippen molar-refractivity contribution in [3.8, 4) is 11.5 Å². The number of rotatable bonds is 5. The number of nitrogens with zero attached hydrogens (tertiary/aromatic N) is 4. The number of hydrogen-bond acceptors (Lipinski definition) is 6. The minimum Gasteiger partial charge on any atom is -0.497 e. The molecule has 1 N–H and O–H groups in total. The van der Waals surface area contributed by atoms with E-state index in [1.165, 1.54) is 0 Å². The first-order valence-electron chi connectivity index (χ1n) is 6.41. The maximum absolute atomic E-state index is 5.38. The topological polar surface area (TPSA) is 73.6 Å². The SMILES string of the molecule is COc1ccc(CNc2nccn3cnnc23)c(OC)c1. The van der Waals surface area contributed by atoms with E-state index in [9.17, 15) is 0 Å². The molecule has 7 heteroatoms. The average Bonchev–Trinajstić information content (AvgIpc) is 3.01. The summed E-state index contributed by atoms with van der Waals surface area (Å²) in [6.07, 6.45) is 5.13. The average molecular weight is 285 g/mol. The van der Waals surface area contributed by atoms with Crippen LogP contribution >= 0.6 is 0 Å². The van der Waals surface area contributed by atoms with Gasteiger partial charge in [0.1, 0.15) is 17.8 Å². The minimum absolute atomic E-state index is 0.562. The highest BCUT2D eigenvalue weighted by atomic mass is 16.5. The maximum atomic E-state index is 5.38. The third-order valence-electron chi connectivity index (χ3n) is 3.16. The van der Waals surface area contributed by atoms with Crippen LogP contribution in [0.4, 0.5) is 5.82 Å². The summed E-state index contributed by atoms with van der Waals surface area (Å²) in [6.45, 7) is 0.562. The molecule has 0 saturated heterocycles. The van der Waals surface area contributed by atoms with Gasteiger partial charge in [-0.25, -0.2) is 4.98 Å². The number of benzene rings is 1. The van der Waals surface area contributed by atoms with Crippen molar-refractivity contribution in [3.05, 3.63) is 42.5 Å². The lowest BCUT2D eigenvalue weighted by Gasteiger charge is -2.11. The predicted molar refractivity (Wildman–Crippen MR) is 77.7 cm³/mol. The second-order valence-corrected chi connectivity index (χ2v) is 4.37. The zero-order valence-electron chi connectivity index (χ0n) is 11.8. The monoisotopic (exact) mass is 285 g/mol. The van der Waals surface area contributed by atoms with Gasteiger partial charge in [0, 0.05) is 30.6 Å². The van der Waals surface area contributed by atoms with E-state index in [1.54, 1.807) is 37.3 Å². The molecule has 2 heterocycles. The molecule has 0 atom stereocenters. The fourth-order valence-electron chi connectivity index (χ4n) is 2.06. The molecule has 0 bridgehead atoms. The van der Waals surface area contributed by atoms with Crippen molar-refractivity contribution >= 4 is 11.5 Å². The van der Waals surface area contributed by atoms with E-state index in [-0.39, 0.29) is 0 Å². The van der Waals surface area contributed by atoms with Crippen LogP contribution in [-0.4, -0.2) is 33.8 Å². The molecule has 7 nitrogen and oxygen atoms in total. The third-order valence-corrected chi connectivity index (χ3v) is 3.16. The molecule has 0 unspecified atom stereocenters. The molecule has 0 aliphatic rings. The molecule has 0 radical (unpaired) electrons. The van der Waals surface area contributed by atoms with E-state index in [1.807, 2.05) is 18.2 Å².